The van der Waals surface area contributed by atoms with Crippen LogP contribution in [0.3, 0.4) is 0 Å². The van der Waals surface area contributed by atoms with Crippen molar-refractivity contribution in [2.24, 2.45) is 0 Å². The Labute approximate surface area is 100 Å². The zero-order valence-corrected chi connectivity index (χ0v) is 10.2. The number of carbonyl (C=O) groups is 1. The molecule has 1 aromatic carbocycles. The van der Waals surface area contributed by atoms with Gasteiger partial charge in [-0.2, -0.15) is 0 Å². The van der Waals surface area contributed by atoms with Crippen LogP contribution in [-0.4, -0.2) is 21.9 Å². The summed E-state index contributed by atoms with van der Waals surface area (Å²) < 4.78 is 0. The van der Waals surface area contributed by atoms with Gasteiger partial charge in [0, 0.05) is 18.9 Å². The molecule has 17 heavy (non-hydrogen) atoms. The highest BCUT2D eigenvalue weighted by Gasteiger charge is 2.06. The Bertz CT molecular complexity index is 483. The van der Waals surface area contributed by atoms with Crippen LogP contribution in [0, 0.1) is 0 Å². The fourth-order valence-corrected chi connectivity index (χ4v) is 1.75. The van der Waals surface area contributed by atoms with Gasteiger partial charge >= 0.3 is 0 Å². The van der Waals surface area contributed by atoms with Crippen LogP contribution in [0.2, 0.25) is 0 Å². The van der Waals surface area contributed by atoms with Crippen LogP contribution in [-0.2, 0) is 11.2 Å². The van der Waals surface area contributed by atoms with Crippen LogP contribution in [0.1, 0.15) is 26.1 Å². The number of aromatic nitrogens is 2. The van der Waals surface area contributed by atoms with Gasteiger partial charge in [0.2, 0.25) is 5.91 Å². The number of para-hydroxylation sites is 2. The zero-order valence-electron chi connectivity index (χ0n) is 10.2. The molecule has 0 radical (unpaired) electrons. The van der Waals surface area contributed by atoms with Gasteiger partial charge in [0.05, 0.1) is 11.0 Å². The molecule has 2 N–H and O–H groups in total. The van der Waals surface area contributed by atoms with Crippen LogP contribution in [0.15, 0.2) is 24.3 Å². The van der Waals surface area contributed by atoms with Gasteiger partial charge in [-0.3, -0.25) is 4.79 Å². The summed E-state index contributed by atoms with van der Waals surface area (Å²) in [7, 11) is 0. The maximum atomic E-state index is 11.5. The number of aryl methyl sites for hydroxylation is 1. The molecule has 0 saturated heterocycles. The van der Waals surface area contributed by atoms with Gasteiger partial charge < -0.3 is 10.3 Å². The first-order chi connectivity index (χ1) is 8.15. The number of aromatic amines is 1. The minimum atomic E-state index is 0.0699. The number of fused-ring (bicyclic) bond motifs is 1. The number of benzene rings is 1. The van der Waals surface area contributed by atoms with Gasteiger partial charge in [0.15, 0.2) is 0 Å². The Morgan fingerprint density at radius 1 is 1.41 bits per heavy atom. The fraction of sp³-hybridized carbons (Fsp3) is 0.385. The Morgan fingerprint density at radius 3 is 2.88 bits per heavy atom. The topological polar surface area (TPSA) is 57.8 Å². The van der Waals surface area contributed by atoms with Crippen molar-refractivity contribution >= 4 is 16.9 Å². The molecule has 0 saturated carbocycles. The van der Waals surface area contributed by atoms with Crippen molar-refractivity contribution in [2.45, 2.75) is 32.7 Å². The summed E-state index contributed by atoms with van der Waals surface area (Å²) in [4.78, 5) is 19.1. The third-order valence-corrected chi connectivity index (χ3v) is 2.48. The molecule has 0 fully saturated rings. The van der Waals surface area contributed by atoms with Crippen molar-refractivity contribution < 1.29 is 4.79 Å². The highest BCUT2D eigenvalue weighted by atomic mass is 16.1. The maximum absolute atomic E-state index is 11.5. The lowest BCUT2D eigenvalue weighted by atomic mass is 10.2. The van der Waals surface area contributed by atoms with Crippen molar-refractivity contribution in [3.8, 4) is 0 Å². The van der Waals surface area contributed by atoms with E-state index in [2.05, 4.69) is 15.3 Å². The van der Waals surface area contributed by atoms with Gasteiger partial charge in [-0.15, -0.1) is 0 Å². The number of hydrogen-bond donors (Lipinski definition) is 2. The van der Waals surface area contributed by atoms with E-state index in [-0.39, 0.29) is 11.9 Å². The minimum Gasteiger partial charge on any atom is -0.354 e. The van der Waals surface area contributed by atoms with Crippen molar-refractivity contribution in [3.63, 3.8) is 0 Å². The Hall–Kier alpha value is -1.84. The van der Waals surface area contributed by atoms with E-state index in [4.69, 9.17) is 0 Å². The molecule has 0 aliphatic rings. The number of nitrogens with one attached hydrogen (secondary N) is 2. The third-order valence-electron chi connectivity index (χ3n) is 2.48. The normalized spacial score (nSPS) is 11.0. The molecule has 0 aliphatic carbocycles. The summed E-state index contributed by atoms with van der Waals surface area (Å²) in [5.74, 6) is 0.936. The zero-order chi connectivity index (χ0) is 12.3. The van der Waals surface area contributed by atoms with Crippen LogP contribution in [0.25, 0.3) is 11.0 Å². The van der Waals surface area contributed by atoms with Crippen LogP contribution < -0.4 is 5.32 Å². The largest absolute Gasteiger partial charge is 0.354 e. The number of H-pyrrole nitrogens is 1. The van der Waals surface area contributed by atoms with E-state index in [1.54, 1.807) is 0 Å². The lowest BCUT2D eigenvalue weighted by Crippen LogP contribution is -2.30. The number of amides is 1. The molecule has 0 bridgehead atoms. The maximum Gasteiger partial charge on any atom is 0.220 e. The molecule has 90 valence electrons. The van der Waals surface area contributed by atoms with Crippen molar-refractivity contribution in [2.75, 3.05) is 0 Å². The Morgan fingerprint density at radius 2 is 2.18 bits per heavy atom. The molecular weight excluding hydrogens is 214 g/mol. The highest BCUT2D eigenvalue weighted by Crippen LogP contribution is 2.11. The van der Waals surface area contributed by atoms with Gasteiger partial charge in [-0.1, -0.05) is 12.1 Å². The fourth-order valence-electron chi connectivity index (χ4n) is 1.75. The molecule has 0 unspecified atom stereocenters. The Balaban J connectivity index is 1.97. The molecule has 0 spiro atoms. The molecule has 1 aromatic heterocycles. The summed E-state index contributed by atoms with van der Waals surface area (Å²) in [5, 5.41) is 2.87. The van der Waals surface area contributed by atoms with Crippen LogP contribution >= 0.6 is 0 Å². The molecule has 4 heteroatoms. The molecule has 1 heterocycles. The van der Waals surface area contributed by atoms with E-state index in [1.807, 2.05) is 38.1 Å². The molecule has 2 aromatic rings. The van der Waals surface area contributed by atoms with Gasteiger partial charge in [0.25, 0.3) is 0 Å². The summed E-state index contributed by atoms with van der Waals surface area (Å²) >= 11 is 0. The lowest BCUT2D eigenvalue weighted by Gasteiger charge is -2.06. The number of carbonyl (C=O) groups excluding carboxylic acids is 1. The first kappa shape index (κ1) is 11.6. The van der Waals surface area contributed by atoms with Crippen LogP contribution in [0.4, 0.5) is 0 Å². The summed E-state index contributed by atoms with van der Waals surface area (Å²) in [6.45, 7) is 3.91. The van der Waals surface area contributed by atoms with Crippen molar-refractivity contribution in [3.05, 3.63) is 30.1 Å². The average Bonchev–Trinajstić information content (AvgIpc) is 2.68. The van der Waals surface area contributed by atoms with E-state index >= 15 is 0 Å². The summed E-state index contributed by atoms with van der Waals surface area (Å²) in [6.07, 6.45) is 1.12. The standard InChI is InChI=1S/C13H17N3O/c1-9(2)14-13(17)8-7-12-15-10-5-3-4-6-11(10)16-12/h3-6,9H,7-8H2,1-2H3,(H,14,17)(H,15,16). The SMILES string of the molecule is CC(C)NC(=O)CCc1nc2ccccc2[nH]1. The van der Waals surface area contributed by atoms with Crippen molar-refractivity contribution in [1.82, 2.24) is 15.3 Å². The lowest BCUT2D eigenvalue weighted by molar-refractivity contribution is -0.121. The first-order valence-corrected chi connectivity index (χ1v) is 5.88. The second-order valence-corrected chi connectivity index (χ2v) is 4.42. The summed E-state index contributed by atoms with van der Waals surface area (Å²) in [6, 6.07) is 8.07. The van der Waals surface area contributed by atoms with Crippen molar-refractivity contribution in [1.29, 1.82) is 0 Å². The smallest absolute Gasteiger partial charge is 0.220 e. The molecule has 1 amide bonds. The van der Waals surface area contributed by atoms with E-state index in [1.165, 1.54) is 0 Å². The average molecular weight is 231 g/mol. The second-order valence-electron chi connectivity index (χ2n) is 4.42. The number of rotatable bonds is 4. The molecular formula is C13H17N3O. The molecule has 0 atom stereocenters. The predicted molar refractivity (Wildman–Crippen MR) is 67.7 cm³/mol. The predicted octanol–water partition coefficient (Wildman–Crippen LogP) is 2.02. The van der Waals surface area contributed by atoms with Gasteiger partial charge in [-0.05, 0) is 26.0 Å². The third kappa shape index (κ3) is 3.06. The van der Waals surface area contributed by atoms with E-state index in [0.29, 0.717) is 12.8 Å². The molecule has 2 rings (SSSR count). The number of nitrogens with zero attached hydrogens (tertiary/aromatic N) is 1. The second kappa shape index (κ2) is 4.99. The van der Waals surface area contributed by atoms with Crippen LogP contribution in [0.5, 0.6) is 0 Å². The quantitative estimate of drug-likeness (QED) is 0.845. The monoisotopic (exact) mass is 231 g/mol. The van der Waals surface area contributed by atoms with Gasteiger partial charge in [0.1, 0.15) is 5.82 Å². The van der Waals surface area contributed by atoms with Gasteiger partial charge in [-0.25, -0.2) is 4.98 Å². The Kier molecular flexibility index (Phi) is 3.42. The number of hydrogen-bond acceptors (Lipinski definition) is 2. The van der Waals surface area contributed by atoms with E-state index in [9.17, 15) is 4.79 Å². The minimum absolute atomic E-state index is 0.0699. The first-order valence-electron chi connectivity index (χ1n) is 5.88. The molecule has 0 aliphatic heterocycles. The highest BCUT2D eigenvalue weighted by molar-refractivity contribution is 5.77. The van der Waals surface area contributed by atoms with E-state index < -0.39 is 0 Å². The molecule has 4 nitrogen and oxygen atoms in total. The van der Waals surface area contributed by atoms with E-state index in [0.717, 1.165) is 16.9 Å². The number of imidazole rings is 1. The summed E-state index contributed by atoms with van der Waals surface area (Å²) in [5.41, 5.74) is 1.97.